The number of likely N-dealkylation sites (tertiary alicyclic amines) is 2. The minimum atomic E-state index is -0.433. The third kappa shape index (κ3) is 3.41. The molecule has 2 aromatic rings. The van der Waals surface area contributed by atoms with Gasteiger partial charge in [-0.25, -0.2) is 9.37 Å². The van der Waals surface area contributed by atoms with Crippen LogP contribution in [0.4, 0.5) is 4.39 Å². The third-order valence-corrected chi connectivity index (χ3v) is 5.74. The highest BCUT2D eigenvalue weighted by molar-refractivity contribution is 5.94. The van der Waals surface area contributed by atoms with Crippen molar-refractivity contribution in [1.29, 1.82) is 0 Å². The summed E-state index contributed by atoms with van der Waals surface area (Å²) < 4.78 is 21.0. The lowest BCUT2D eigenvalue weighted by molar-refractivity contribution is -0.0696. The summed E-state index contributed by atoms with van der Waals surface area (Å²) in [6, 6.07) is 2.90. The van der Waals surface area contributed by atoms with Gasteiger partial charge in [-0.05, 0) is 44.5 Å². The number of ether oxygens (including phenoxy) is 1. The number of piperidine rings is 1. The van der Waals surface area contributed by atoms with Crippen LogP contribution < -0.4 is 4.74 Å². The number of aromatic nitrogens is 3. The van der Waals surface area contributed by atoms with Gasteiger partial charge < -0.3 is 9.64 Å². The maximum atomic E-state index is 13.7. The van der Waals surface area contributed by atoms with E-state index in [0.29, 0.717) is 31.2 Å². The molecule has 2 aromatic heterocycles. The zero-order valence-corrected chi connectivity index (χ0v) is 15.6. The first kappa shape index (κ1) is 17.9. The van der Waals surface area contributed by atoms with Gasteiger partial charge in [0.25, 0.3) is 5.91 Å². The lowest BCUT2D eigenvalue weighted by atomic mass is 9.75. The minimum Gasteiger partial charge on any atom is -0.475 e. The standard InChI is InChI=1S/C19H24FN5O2/c1-23-7-5-14(11-27-17-16(20)4-3-6-21-17)8-19(23)12-25(13-19)18(26)15-9-22-24(2)10-15/h3-4,6,9-10,14H,5,7-8,11-13H2,1-2H3/t14-/m0/s1. The van der Waals surface area contributed by atoms with Crippen LogP contribution in [-0.4, -0.2) is 69.3 Å². The maximum absolute atomic E-state index is 13.7. The molecule has 27 heavy (non-hydrogen) atoms. The monoisotopic (exact) mass is 373 g/mol. The molecule has 0 aliphatic carbocycles. The largest absolute Gasteiger partial charge is 0.475 e. The van der Waals surface area contributed by atoms with Gasteiger partial charge in [-0.3, -0.25) is 14.4 Å². The van der Waals surface area contributed by atoms with Crippen LogP contribution in [-0.2, 0) is 7.05 Å². The number of pyridine rings is 1. The number of amides is 1. The second-order valence-electron chi connectivity index (χ2n) is 7.67. The van der Waals surface area contributed by atoms with Crippen molar-refractivity contribution in [3.63, 3.8) is 0 Å². The third-order valence-electron chi connectivity index (χ3n) is 5.74. The number of hydrogen-bond donors (Lipinski definition) is 0. The van der Waals surface area contributed by atoms with Gasteiger partial charge in [0.1, 0.15) is 0 Å². The molecule has 2 fully saturated rings. The van der Waals surface area contributed by atoms with Crippen LogP contribution in [0.2, 0.25) is 0 Å². The predicted molar refractivity (Wildman–Crippen MR) is 96.9 cm³/mol. The van der Waals surface area contributed by atoms with Crippen LogP contribution >= 0.6 is 0 Å². The summed E-state index contributed by atoms with van der Waals surface area (Å²) in [5.41, 5.74) is 0.601. The highest BCUT2D eigenvalue weighted by Crippen LogP contribution is 2.39. The first-order valence-corrected chi connectivity index (χ1v) is 9.19. The molecule has 4 rings (SSSR count). The molecule has 0 aromatic carbocycles. The average Bonchev–Trinajstić information content (AvgIpc) is 3.06. The van der Waals surface area contributed by atoms with Gasteiger partial charge in [0, 0.05) is 32.5 Å². The molecule has 7 nitrogen and oxygen atoms in total. The van der Waals surface area contributed by atoms with E-state index in [9.17, 15) is 9.18 Å². The number of nitrogens with zero attached hydrogens (tertiary/aromatic N) is 5. The Balaban J connectivity index is 1.36. The fourth-order valence-electron chi connectivity index (χ4n) is 4.12. The molecule has 2 aliphatic heterocycles. The van der Waals surface area contributed by atoms with Gasteiger partial charge in [-0.2, -0.15) is 5.10 Å². The summed E-state index contributed by atoms with van der Waals surface area (Å²) in [5.74, 6) is -0.0289. The molecule has 1 spiro atoms. The molecule has 8 heteroatoms. The number of carbonyl (C=O) groups is 1. The molecule has 0 N–H and O–H groups in total. The lowest BCUT2D eigenvalue weighted by Crippen LogP contribution is -2.72. The van der Waals surface area contributed by atoms with Crippen LogP contribution in [0.1, 0.15) is 23.2 Å². The normalized spacial score (nSPS) is 21.9. The Kier molecular flexibility index (Phi) is 4.59. The fraction of sp³-hybridized carbons (Fsp3) is 0.526. The van der Waals surface area contributed by atoms with Crippen LogP contribution in [0, 0.1) is 11.7 Å². The van der Waals surface area contributed by atoms with Gasteiger partial charge in [-0.15, -0.1) is 0 Å². The average molecular weight is 373 g/mol. The molecule has 0 saturated carbocycles. The molecular formula is C19H24FN5O2. The molecule has 2 saturated heterocycles. The topological polar surface area (TPSA) is 63.5 Å². The Morgan fingerprint density at radius 2 is 2.22 bits per heavy atom. The van der Waals surface area contributed by atoms with Crippen LogP contribution in [0.25, 0.3) is 0 Å². The van der Waals surface area contributed by atoms with E-state index in [1.807, 2.05) is 4.90 Å². The highest BCUT2D eigenvalue weighted by atomic mass is 19.1. The van der Waals surface area contributed by atoms with Crippen molar-refractivity contribution >= 4 is 5.91 Å². The van der Waals surface area contributed by atoms with Gasteiger partial charge in [0.05, 0.1) is 23.9 Å². The highest BCUT2D eigenvalue weighted by Gasteiger charge is 2.51. The van der Waals surface area contributed by atoms with Crippen molar-refractivity contribution in [2.24, 2.45) is 13.0 Å². The van der Waals surface area contributed by atoms with Gasteiger partial charge in [0.15, 0.2) is 5.82 Å². The lowest BCUT2D eigenvalue weighted by Gasteiger charge is -2.58. The molecule has 0 bridgehead atoms. The Morgan fingerprint density at radius 3 is 2.93 bits per heavy atom. The smallest absolute Gasteiger partial charge is 0.257 e. The number of rotatable bonds is 4. The molecule has 2 aliphatic rings. The Morgan fingerprint density at radius 1 is 1.41 bits per heavy atom. The van der Waals surface area contributed by atoms with Crippen molar-refractivity contribution in [3.8, 4) is 5.88 Å². The number of likely N-dealkylation sites (N-methyl/N-ethyl adjacent to an activating group) is 1. The number of aryl methyl sites for hydroxylation is 1. The SMILES string of the molecule is CN1CC[C@H](COc2ncccc2F)CC12CN(C(=O)c1cnn(C)c1)C2. The molecule has 0 radical (unpaired) electrons. The van der Waals surface area contributed by atoms with Crippen molar-refractivity contribution < 1.29 is 13.9 Å². The molecule has 0 unspecified atom stereocenters. The van der Waals surface area contributed by atoms with Crippen LogP contribution in [0.5, 0.6) is 5.88 Å². The summed E-state index contributed by atoms with van der Waals surface area (Å²) in [4.78, 5) is 20.7. The molecule has 144 valence electrons. The Bertz CT molecular complexity index is 833. The molecular weight excluding hydrogens is 349 g/mol. The molecule has 1 atom stereocenters. The van der Waals surface area contributed by atoms with E-state index in [2.05, 4.69) is 22.0 Å². The van der Waals surface area contributed by atoms with E-state index >= 15 is 0 Å². The number of hydrogen-bond acceptors (Lipinski definition) is 5. The Labute approximate surface area is 157 Å². The predicted octanol–water partition coefficient (Wildman–Crippen LogP) is 1.57. The Hall–Kier alpha value is -2.48. The summed E-state index contributed by atoms with van der Waals surface area (Å²) >= 11 is 0. The summed E-state index contributed by atoms with van der Waals surface area (Å²) in [7, 11) is 3.92. The van der Waals surface area contributed by atoms with E-state index in [1.165, 1.54) is 12.3 Å². The van der Waals surface area contributed by atoms with E-state index < -0.39 is 5.82 Å². The maximum Gasteiger partial charge on any atom is 0.257 e. The summed E-state index contributed by atoms with van der Waals surface area (Å²) in [5, 5.41) is 4.08. The van der Waals surface area contributed by atoms with Crippen LogP contribution in [0.3, 0.4) is 0 Å². The second kappa shape index (κ2) is 6.92. The van der Waals surface area contributed by atoms with Crippen LogP contribution in [0.15, 0.2) is 30.7 Å². The van der Waals surface area contributed by atoms with E-state index in [1.54, 1.807) is 30.2 Å². The van der Waals surface area contributed by atoms with E-state index in [0.717, 1.165) is 19.4 Å². The molecule has 1 amide bonds. The van der Waals surface area contributed by atoms with Crippen molar-refractivity contribution in [2.45, 2.75) is 18.4 Å². The van der Waals surface area contributed by atoms with Gasteiger partial charge >= 0.3 is 0 Å². The first-order chi connectivity index (χ1) is 13.0. The minimum absolute atomic E-state index is 0.0210. The summed E-state index contributed by atoms with van der Waals surface area (Å²) in [6.45, 7) is 2.78. The van der Waals surface area contributed by atoms with Gasteiger partial charge in [-0.1, -0.05) is 0 Å². The van der Waals surface area contributed by atoms with E-state index in [-0.39, 0.29) is 17.3 Å². The fourth-order valence-corrected chi connectivity index (χ4v) is 4.12. The number of carbonyl (C=O) groups excluding carboxylic acids is 1. The zero-order chi connectivity index (χ0) is 19.0. The first-order valence-electron chi connectivity index (χ1n) is 9.19. The summed E-state index contributed by atoms with van der Waals surface area (Å²) in [6.07, 6.45) is 6.80. The second-order valence-corrected chi connectivity index (χ2v) is 7.67. The quantitative estimate of drug-likeness (QED) is 0.814. The zero-order valence-electron chi connectivity index (χ0n) is 15.6. The van der Waals surface area contributed by atoms with Gasteiger partial charge in [0.2, 0.25) is 5.88 Å². The number of halogens is 1. The van der Waals surface area contributed by atoms with Crippen molar-refractivity contribution in [3.05, 3.63) is 42.1 Å². The van der Waals surface area contributed by atoms with E-state index in [4.69, 9.17) is 4.74 Å². The van der Waals surface area contributed by atoms with Crippen molar-refractivity contribution in [1.82, 2.24) is 24.6 Å². The molecule has 4 heterocycles. The van der Waals surface area contributed by atoms with Crippen molar-refractivity contribution in [2.75, 3.05) is 33.3 Å².